The molecular weight excluding hydrogens is 460 g/mol. The molecule has 0 bridgehead atoms. The Morgan fingerprint density at radius 1 is 0.605 bits per heavy atom. The van der Waals surface area contributed by atoms with Crippen LogP contribution in [0.5, 0.6) is 0 Å². The zero-order valence-electron chi connectivity index (χ0n) is 24.2. The second-order valence-electron chi connectivity index (χ2n) is 9.84. The number of aryl methyl sites for hydroxylation is 2. The van der Waals surface area contributed by atoms with Gasteiger partial charge in [0.2, 0.25) is 0 Å². The molecule has 2 nitrogen and oxygen atoms in total. The van der Waals surface area contributed by atoms with Gasteiger partial charge in [0, 0.05) is 31.9 Å². The lowest BCUT2D eigenvalue weighted by Gasteiger charge is -2.08. The Morgan fingerprint density at radius 2 is 1.16 bits per heavy atom. The molecule has 0 radical (unpaired) electrons. The molecule has 0 unspecified atom stereocenters. The summed E-state index contributed by atoms with van der Waals surface area (Å²) < 4.78 is 0. The molecule has 2 aromatic rings. The van der Waals surface area contributed by atoms with Crippen molar-refractivity contribution in [3.63, 3.8) is 0 Å². The fraction of sp³-hybridized carbons (Fsp3) is 0.500. The normalized spacial score (nSPS) is 11.2. The number of aliphatic imine (C=N–C) groups is 2. The first-order valence-corrected chi connectivity index (χ1v) is 15.0. The molecule has 0 saturated heterocycles. The van der Waals surface area contributed by atoms with Gasteiger partial charge in [0.25, 0.3) is 0 Å². The van der Waals surface area contributed by atoms with Crippen molar-refractivity contribution in [2.75, 3.05) is 0 Å². The first-order valence-electron chi connectivity index (χ1n) is 15.0. The molecule has 38 heavy (non-hydrogen) atoms. The van der Waals surface area contributed by atoms with Crippen LogP contribution in [0.25, 0.3) is 0 Å². The summed E-state index contributed by atoms with van der Waals surface area (Å²) >= 11 is 0. The van der Waals surface area contributed by atoms with Crippen molar-refractivity contribution in [2.24, 2.45) is 9.98 Å². The van der Waals surface area contributed by atoms with Gasteiger partial charge in [-0.25, -0.2) is 0 Å². The van der Waals surface area contributed by atoms with Crippen LogP contribution in [0.2, 0.25) is 0 Å². The highest BCUT2D eigenvalue weighted by molar-refractivity contribution is 6.31. The molecule has 202 valence electrons. The van der Waals surface area contributed by atoms with Gasteiger partial charge in [0.15, 0.2) is 0 Å². The number of rotatable bonds is 16. The van der Waals surface area contributed by atoms with Gasteiger partial charge >= 0.3 is 0 Å². The van der Waals surface area contributed by atoms with Crippen molar-refractivity contribution < 1.29 is 0 Å². The molecule has 2 aromatic carbocycles. The van der Waals surface area contributed by atoms with Gasteiger partial charge in [-0.3, -0.25) is 9.98 Å². The topological polar surface area (TPSA) is 24.7 Å². The molecule has 0 atom stereocenters. The summed E-state index contributed by atoms with van der Waals surface area (Å²) in [5.41, 5.74) is 5.78. The maximum atomic E-state index is 5.15. The molecule has 0 aromatic heterocycles. The van der Waals surface area contributed by atoms with Crippen LogP contribution >= 0.6 is 0 Å². The Balaban J connectivity index is 2.16. The number of para-hydroxylation sites is 2. The van der Waals surface area contributed by atoms with Crippen LogP contribution in [-0.2, 0) is 12.8 Å². The molecular formula is C36H48N2. The number of hydrogen-bond acceptors (Lipinski definition) is 2. The van der Waals surface area contributed by atoms with E-state index < -0.39 is 0 Å². The van der Waals surface area contributed by atoms with Gasteiger partial charge in [-0.05, 0) is 74.6 Å². The van der Waals surface area contributed by atoms with E-state index in [0.29, 0.717) is 0 Å². The Hall–Kier alpha value is -3.10. The minimum absolute atomic E-state index is 0.948. The van der Waals surface area contributed by atoms with Gasteiger partial charge in [-0.1, -0.05) is 76.4 Å². The third kappa shape index (κ3) is 13.4. The van der Waals surface area contributed by atoms with Crippen molar-refractivity contribution >= 4 is 23.3 Å². The minimum atomic E-state index is 0.948. The smallest absolute Gasteiger partial charge is 0.0665 e. The highest BCUT2D eigenvalue weighted by Gasteiger charge is 2.05. The van der Waals surface area contributed by atoms with Crippen molar-refractivity contribution in [2.45, 2.75) is 117 Å². The minimum Gasteiger partial charge on any atom is -0.255 e. The summed E-state index contributed by atoms with van der Waals surface area (Å²) in [5, 5.41) is 0. The van der Waals surface area contributed by atoms with Gasteiger partial charge in [0.05, 0.1) is 17.1 Å². The second-order valence-corrected chi connectivity index (χ2v) is 9.84. The Morgan fingerprint density at radius 3 is 1.76 bits per heavy atom. The van der Waals surface area contributed by atoms with E-state index in [2.05, 4.69) is 93.0 Å². The SMILES string of the molecule is CCCC#CCCCc1ccccc1N=CC(CCCCCC)=Nc1ccccc1CCCC#CCCC. The molecule has 0 spiro atoms. The van der Waals surface area contributed by atoms with Crippen LogP contribution in [-0.4, -0.2) is 11.9 Å². The van der Waals surface area contributed by atoms with E-state index in [1.54, 1.807) is 0 Å². The number of nitrogens with zero attached hydrogens (tertiary/aromatic N) is 2. The largest absolute Gasteiger partial charge is 0.255 e. The molecule has 0 aliphatic rings. The van der Waals surface area contributed by atoms with E-state index in [0.717, 1.165) is 94.1 Å². The summed E-state index contributed by atoms with van der Waals surface area (Å²) in [6.07, 6.45) is 18.1. The number of hydrogen-bond donors (Lipinski definition) is 0. The molecule has 0 aliphatic carbocycles. The van der Waals surface area contributed by atoms with Crippen LogP contribution in [0.4, 0.5) is 11.4 Å². The lowest BCUT2D eigenvalue weighted by molar-refractivity contribution is 0.684. The lowest BCUT2D eigenvalue weighted by atomic mass is 10.1. The molecule has 0 N–H and O–H groups in total. The van der Waals surface area contributed by atoms with Crippen molar-refractivity contribution in [3.8, 4) is 23.7 Å². The standard InChI is InChI=1S/C36H48N2/c1-4-7-10-13-15-17-24-32-26-20-22-29-35(32)37-31-34(28-19-12-9-6-3)38-36-30-23-21-27-33(36)25-18-16-14-11-8-5-2/h20-23,26-27,29-31H,4-9,12,15-19,24-25,28H2,1-3H3. The lowest BCUT2D eigenvalue weighted by Crippen LogP contribution is -2.01. The van der Waals surface area contributed by atoms with Crippen molar-refractivity contribution in [1.82, 2.24) is 0 Å². The van der Waals surface area contributed by atoms with Gasteiger partial charge < -0.3 is 0 Å². The highest BCUT2D eigenvalue weighted by atomic mass is 14.8. The van der Waals surface area contributed by atoms with Gasteiger partial charge in [0.1, 0.15) is 0 Å². The van der Waals surface area contributed by atoms with Crippen LogP contribution in [0, 0.1) is 23.7 Å². The molecule has 2 rings (SSSR count). The van der Waals surface area contributed by atoms with E-state index >= 15 is 0 Å². The Kier molecular flexibility index (Phi) is 17.1. The summed E-state index contributed by atoms with van der Waals surface area (Å²) in [5.74, 6) is 13.1. The third-order valence-corrected chi connectivity index (χ3v) is 6.38. The van der Waals surface area contributed by atoms with E-state index in [1.807, 2.05) is 6.21 Å². The maximum Gasteiger partial charge on any atom is 0.0665 e. The fourth-order valence-electron chi connectivity index (χ4n) is 4.20. The number of unbranched alkanes of at least 4 members (excludes halogenated alkanes) is 7. The van der Waals surface area contributed by atoms with Crippen LogP contribution in [0.1, 0.15) is 115 Å². The van der Waals surface area contributed by atoms with Crippen LogP contribution < -0.4 is 0 Å². The zero-order chi connectivity index (χ0) is 27.1. The first-order chi connectivity index (χ1) is 18.8. The second kappa shape index (κ2) is 20.9. The summed E-state index contributed by atoms with van der Waals surface area (Å²) in [6.45, 7) is 6.61. The maximum absolute atomic E-state index is 5.15. The monoisotopic (exact) mass is 508 g/mol. The first kappa shape index (κ1) is 31.1. The molecule has 0 heterocycles. The van der Waals surface area contributed by atoms with E-state index in [1.165, 1.54) is 30.4 Å². The summed E-state index contributed by atoms with van der Waals surface area (Å²) in [6, 6.07) is 17.1. The average Bonchev–Trinajstić information content (AvgIpc) is 2.94. The van der Waals surface area contributed by atoms with E-state index in [-0.39, 0.29) is 0 Å². The zero-order valence-corrected chi connectivity index (χ0v) is 24.2. The van der Waals surface area contributed by atoms with Gasteiger partial charge in [-0.15, -0.1) is 23.7 Å². The predicted octanol–water partition coefficient (Wildman–Crippen LogP) is 10.4. The van der Waals surface area contributed by atoms with Crippen LogP contribution in [0.15, 0.2) is 58.5 Å². The molecule has 2 heteroatoms. The Labute approximate surface area is 233 Å². The Bertz CT molecular complexity index is 1100. The van der Waals surface area contributed by atoms with E-state index in [9.17, 15) is 0 Å². The third-order valence-electron chi connectivity index (χ3n) is 6.38. The predicted molar refractivity (Wildman–Crippen MR) is 168 cm³/mol. The van der Waals surface area contributed by atoms with Crippen LogP contribution in [0.3, 0.4) is 0 Å². The highest BCUT2D eigenvalue weighted by Crippen LogP contribution is 2.23. The van der Waals surface area contributed by atoms with Crippen molar-refractivity contribution in [3.05, 3.63) is 59.7 Å². The van der Waals surface area contributed by atoms with Gasteiger partial charge in [-0.2, -0.15) is 0 Å². The average molecular weight is 509 g/mol. The molecule has 0 fully saturated rings. The summed E-state index contributed by atoms with van der Waals surface area (Å²) in [4.78, 5) is 10.1. The molecule has 0 saturated carbocycles. The molecule has 0 amide bonds. The van der Waals surface area contributed by atoms with Crippen molar-refractivity contribution in [1.29, 1.82) is 0 Å². The number of benzene rings is 2. The summed E-state index contributed by atoms with van der Waals surface area (Å²) in [7, 11) is 0. The van der Waals surface area contributed by atoms with E-state index in [4.69, 9.17) is 9.98 Å². The molecule has 0 aliphatic heterocycles. The fourth-order valence-corrected chi connectivity index (χ4v) is 4.20. The quantitative estimate of drug-likeness (QED) is 0.122.